The minimum absolute atomic E-state index is 0.448. The Morgan fingerprint density at radius 3 is 2.38 bits per heavy atom. The maximum absolute atomic E-state index is 5.12. The van der Waals surface area contributed by atoms with E-state index in [1.54, 1.807) is 0 Å². The fraction of sp³-hybridized carbons (Fsp3) is 1.00. The van der Waals surface area contributed by atoms with Crippen LogP contribution in [0.15, 0.2) is 0 Å². The van der Waals surface area contributed by atoms with Crippen LogP contribution in [-0.4, -0.2) is 19.3 Å². The Hall–Kier alpha value is 0.650. The lowest BCUT2D eigenvalue weighted by molar-refractivity contribution is 0.0424. The fourth-order valence-corrected chi connectivity index (χ4v) is 1.27. The van der Waals surface area contributed by atoms with Crippen molar-refractivity contribution in [1.82, 2.24) is 0 Å². The number of hydrogen-bond donors (Lipinski definition) is 0. The van der Waals surface area contributed by atoms with Crippen molar-refractivity contribution in [1.29, 1.82) is 0 Å². The van der Waals surface area contributed by atoms with Gasteiger partial charge in [-0.3, -0.25) is 0 Å². The highest BCUT2D eigenvalue weighted by molar-refractivity contribution is 14.1. The van der Waals surface area contributed by atoms with Crippen LogP contribution in [-0.2, 0) is 7.80 Å². The first-order valence-electron chi connectivity index (χ1n) is 2.78. The van der Waals surface area contributed by atoms with E-state index in [-0.39, 0.29) is 0 Å². The molecule has 0 unspecified atom stereocenters. The van der Waals surface area contributed by atoms with Gasteiger partial charge in [-0.1, -0.05) is 0 Å². The summed E-state index contributed by atoms with van der Waals surface area (Å²) < 4.78 is 10.2. The zero-order chi connectivity index (χ0) is 5.82. The molecule has 0 radical (unpaired) electrons. The van der Waals surface area contributed by atoms with Crippen LogP contribution in [0.3, 0.4) is 0 Å². The second kappa shape index (κ2) is 3.63. The van der Waals surface area contributed by atoms with Crippen LogP contribution in [0.5, 0.6) is 0 Å². The number of rotatable bonds is 1. The average Bonchev–Trinajstić information content (AvgIpc) is 1.90. The van der Waals surface area contributed by atoms with E-state index >= 15 is 0 Å². The first-order valence-corrected chi connectivity index (χ1v) is 3.66. The normalized spacial score (nSPS) is 23.6. The number of halogens is 1. The van der Waals surface area contributed by atoms with Crippen molar-refractivity contribution in [3.63, 3.8) is 0 Å². The molecule has 1 heterocycles. The summed E-state index contributed by atoms with van der Waals surface area (Å²) in [7, 11) is 0. The molecular formula is C5H9IO2. The van der Waals surface area contributed by atoms with Gasteiger partial charge in [-0.05, 0) is 12.8 Å². The minimum atomic E-state index is 0.448. The van der Waals surface area contributed by atoms with E-state index in [2.05, 4.69) is 0 Å². The molecule has 0 bridgehead atoms. The molecule has 1 rings (SSSR count). The SMILES string of the molecule is IOC1CCOCC1. The lowest BCUT2D eigenvalue weighted by Gasteiger charge is -2.18. The first kappa shape index (κ1) is 6.77. The summed E-state index contributed by atoms with van der Waals surface area (Å²) in [6.45, 7) is 1.74. The van der Waals surface area contributed by atoms with Crippen molar-refractivity contribution >= 4 is 23.0 Å². The van der Waals surface area contributed by atoms with Gasteiger partial charge < -0.3 is 7.80 Å². The molecule has 3 heteroatoms. The lowest BCUT2D eigenvalue weighted by Crippen LogP contribution is -2.20. The van der Waals surface area contributed by atoms with Crippen LogP contribution in [0, 0.1) is 0 Å². The van der Waals surface area contributed by atoms with Crippen molar-refractivity contribution in [2.75, 3.05) is 13.2 Å². The summed E-state index contributed by atoms with van der Waals surface area (Å²) in [4.78, 5) is 0. The van der Waals surface area contributed by atoms with Crippen LogP contribution in [0.4, 0.5) is 0 Å². The van der Waals surface area contributed by atoms with Gasteiger partial charge in [-0.25, -0.2) is 0 Å². The van der Waals surface area contributed by atoms with E-state index in [0.717, 1.165) is 26.1 Å². The fourth-order valence-electron chi connectivity index (χ4n) is 0.765. The third-order valence-electron chi connectivity index (χ3n) is 1.29. The summed E-state index contributed by atoms with van der Waals surface area (Å²) >= 11 is 1.95. The quantitative estimate of drug-likeness (QED) is 0.633. The van der Waals surface area contributed by atoms with E-state index in [0.29, 0.717) is 6.10 Å². The summed E-state index contributed by atoms with van der Waals surface area (Å²) in [6.07, 6.45) is 2.57. The summed E-state index contributed by atoms with van der Waals surface area (Å²) in [5.74, 6) is 0. The molecule has 0 N–H and O–H groups in total. The van der Waals surface area contributed by atoms with E-state index in [1.807, 2.05) is 23.0 Å². The summed E-state index contributed by atoms with van der Waals surface area (Å²) in [5, 5.41) is 0. The Labute approximate surface area is 63.2 Å². The van der Waals surface area contributed by atoms with Crippen LogP contribution < -0.4 is 0 Å². The Balaban J connectivity index is 2.13. The second-order valence-corrected chi connectivity index (χ2v) is 2.41. The highest BCUT2D eigenvalue weighted by atomic mass is 127. The second-order valence-electron chi connectivity index (χ2n) is 1.90. The van der Waals surface area contributed by atoms with Gasteiger partial charge in [0.1, 0.15) is 23.0 Å². The van der Waals surface area contributed by atoms with Crippen molar-refractivity contribution in [2.45, 2.75) is 18.9 Å². The zero-order valence-corrected chi connectivity index (χ0v) is 6.76. The molecule has 1 saturated heterocycles. The summed E-state index contributed by atoms with van der Waals surface area (Å²) in [6, 6.07) is 0. The van der Waals surface area contributed by atoms with E-state index in [9.17, 15) is 0 Å². The van der Waals surface area contributed by atoms with Crippen molar-refractivity contribution in [3.8, 4) is 0 Å². The monoisotopic (exact) mass is 228 g/mol. The number of ether oxygens (including phenoxy) is 1. The Morgan fingerprint density at radius 2 is 2.00 bits per heavy atom. The van der Waals surface area contributed by atoms with Gasteiger partial charge in [0, 0.05) is 13.2 Å². The van der Waals surface area contributed by atoms with E-state index in [4.69, 9.17) is 7.80 Å². The molecule has 8 heavy (non-hydrogen) atoms. The number of hydrogen-bond acceptors (Lipinski definition) is 2. The molecule has 0 aromatic carbocycles. The van der Waals surface area contributed by atoms with Gasteiger partial charge in [0.15, 0.2) is 0 Å². The third-order valence-corrected chi connectivity index (χ3v) is 2.01. The standard InChI is InChI=1S/C5H9IO2/c6-8-5-1-3-7-4-2-5/h5H,1-4H2. The van der Waals surface area contributed by atoms with Crippen LogP contribution in [0.25, 0.3) is 0 Å². The zero-order valence-electron chi connectivity index (χ0n) is 4.60. The largest absolute Gasteiger partial charge is 0.381 e. The van der Waals surface area contributed by atoms with Gasteiger partial charge in [-0.15, -0.1) is 0 Å². The lowest BCUT2D eigenvalue weighted by atomic mass is 10.2. The topological polar surface area (TPSA) is 18.5 Å². The van der Waals surface area contributed by atoms with Crippen LogP contribution in [0.1, 0.15) is 12.8 Å². The molecule has 0 spiro atoms. The third kappa shape index (κ3) is 1.87. The molecule has 2 nitrogen and oxygen atoms in total. The summed E-state index contributed by atoms with van der Waals surface area (Å²) in [5.41, 5.74) is 0. The highest BCUT2D eigenvalue weighted by Crippen LogP contribution is 2.12. The van der Waals surface area contributed by atoms with Crippen molar-refractivity contribution in [3.05, 3.63) is 0 Å². The van der Waals surface area contributed by atoms with Crippen molar-refractivity contribution < 1.29 is 7.80 Å². The van der Waals surface area contributed by atoms with Crippen LogP contribution in [0.2, 0.25) is 0 Å². The molecule has 0 aliphatic carbocycles. The van der Waals surface area contributed by atoms with Crippen molar-refractivity contribution in [2.24, 2.45) is 0 Å². The maximum Gasteiger partial charge on any atom is 0.110 e. The molecule has 0 aromatic heterocycles. The van der Waals surface area contributed by atoms with Crippen LogP contribution >= 0.6 is 23.0 Å². The van der Waals surface area contributed by atoms with Gasteiger partial charge in [0.2, 0.25) is 0 Å². The molecule has 0 atom stereocenters. The smallest absolute Gasteiger partial charge is 0.110 e. The molecule has 48 valence electrons. The molecule has 0 amide bonds. The Bertz CT molecular complexity index is 61.4. The molecule has 1 aliphatic heterocycles. The Kier molecular flexibility index (Phi) is 3.07. The maximum atomic E-state index is 5.12. The molecule has 1 fully saturated rings. The minimum Gasteiger partial charge on any atom is -0.381 e. The predicted molar refractivity (Wildman–Crippen MR) is 38.9 cm³/mol. The molecule has 0 aromatic rings. The molecule has 0 saturated carbocycles. The average molecular weight is 228 g/mol. The highest BCUT2D eigenvalue weighted by Gasteiger charge is 2.11. The predicted octanol–water partition coefficient (Wildman–Crippen LogP) is 1.53. The van der Waals surface area contributed by atoms with Gasteiger partial charge >= 0.3 is 0 Å². The van der Waals surface area contributed by atoms with Gasteiger partial charge in [-0.2, -0.15) is 0 Å². The van der Waals surface area contributed by atoms with E-state index < -0.39 is 0 Å². The van der Waals surface area contributed by atoms with Gasteiger partial charge in [0.25, 0.3) is 0 Å². The molecule has 1 aliphatic rings. The molecular weight excluding hydrogens is 219 g/mol. The first-order chi connectivity index (χ1) is 3.93. The van der Waals surface area contributed by atoms with Gasteiger partial charge in [0.05, 0.1) is 6.10 Å². The Morgan fingerprint density at radius 1 is 1.38 bits per heavy atom. The van der Waals surface area contributed by atoms with E-state index in [1.165, 1.54) is 0 Å².